The Labute approximate surface area is 104 Å². The van der Waals surface area contributed by atoms with E-state index in [1.807, 2.05) is 0 Å². The topological polar surface area (TPSA) is 47.7 Å². The first-order chi connectivity index (χ1) is 8.24. The zero-order valence-electron chi connectivity index (χ0n) is 11.1. The van der Waals surface area contributed by atoms with Gasteiger partial charge >= 0.3 is 0 Å². The van der Waals surface area contributed by atoms with Crippen LogP contribution in [0.5, 0.6) is 0 Å². The monoisotopic (exact) mass is 242 g/mol. The Morgan fingerprint density at radius 1 is 1.24 bits per heavy atom. The van der Waals surface area contributed by atoms with Crippen molar-refractivity contribution in [2.24, 2.45) is 11.7 Å². The zero-order valence-corrected chi connectivity index (χ0v) is 11.1. The molecule has 0 aliphatic carbocycles. The minimum atomic E-state index is 0.342. The van der Waals surface area contributed by atoms with Crippen LogP contribution < -0.4 is 5.73 Å². The molecule has 0 radical (unpaired) electrons. The third-order valence-corrected chi connectivity index (χ3v) is 4.43. The van der Waals surface area contributed by atoms with Gasteiger partial charge in [-0.15, -0.1) is 0 Å². The van der Waals surface area contributed by atoms with Gasteiger partial charge in [0.05, 0.1) is 6.10 Å². The summed E-state index contributed by atoms with van der Waals surface area (Å²) >= 11 is 0. The van der Waals surface area contributed by atoms with Gasteiger partial charge in [0.2, 0.25) is 0 Å². The Hall–Kier alpha value is -0.160. The predicted molar refractivity (Wildman–Crippen MR) is 68.0 cm³/mol. The van der Waals surface area contributed by atoms with Gasteiger partial charge in [-0.05, 0) is 39.2 Å². The van der Waals surface area contributed by atoms with Crippen LogP contribution in [-0.2, 0) is 9.47 Å². The van der Waals surface area contributed by atoms with Crippen molar-refractivity contribution in [3.8, 4) is 0 Å². The van der Waals surface area contributed by atoms with E-state index in [2.05, 4.69) is 18.9 Å². The Morgan fingerprint density at radius 3 is 2.47 bits per heavy atom. The molecule has 2 N–H and O–H groups in total. The summed E-state index contributed by atoms with van der Waals surface area (Å²) in [5.74, 6) is 0.687. The van der Waals surface area contributed by atoms with Crippen LogP contribution in [0.4, 0.5) is 0 Å². The molecule has 2 aliphatic rings. The molecule has 0 amide bonds. The van der Waals surface area contributed by atoms with Crippen molar-refractivity contribution in [1.82, 2.24) is 4.90 Å². The summed E-state index contributed by atoms with van der Waals surface area (Å²) < 4.78 is 11.1. The van der Waals surface area contributed by atoms with E-state index in [9.17, 15) is 0 Å². The predicted octanol–water partition coefficient (Wildman–Crippen LogP) is 0.850. The van der Waals surface area contributed by atoms with Crippen LogP contribution in [0.25, 0.3) is 0 Å². The summed E-state index contributed by atoms with van der Waals surface area (Å²) in [5, 5.41) is 0. The van der Waals surface area contributed by atoms with Crippen LogP contribution in [0.15, 0.2) is 0 Å². The summed E-state index contributed by atoms with van der Waals surface area (Å²) in [6, 6.07) is 1.01. The lowest BCUT2D eigenvalue weighted by atomic mass is 9.89. The number of nitrogens with two attached hydrogens (primary N) is 1. The Morgan fingerprint density at radius 2 is 1.94 bits per heavy atom. The standard InChI is InChI=1S/C13H26N2O2/c1-10-12(5-8-17-10)15(2)13(9-14)11-3-6-16-7-4-11/h10-13H,3-9,14H2,1-2H3. The van der Waals surface area contributed by atoms with Gasteiger partial charge in [0.15, 0.2) is 0 Å². The fraction of sp³-hybridized carbons (Fsp3) is 1.00. The van der Waals surface area contributed by atoms with E-state index in [1.54, 1.807) is 0 Å². The quantitative estimate of drug-likeness (QED) is 0.794. The van der Waals surface area contributed by atoms with E-state index in [0.29, 0.717) is 24.1 Å². The molecule has 17 heavy (non-hydrogen) atoms. The van der Waals surface area contributed by atoms with Crippen LogP contribution in [-0.4, -0.2) is 56.5 Å². The minimum absolute atomic E-state index is 0.342. The number of nitrogens with zero attached hydrogens (tertiary/aromatic N) is 1. The van der Waals surface area contributed by atoms with Crippen molar-refractivity contribution in [2.75, 3.05) is 33.4 Å². The zero-order chi connectivity index (χ0) is 12.3. The second kappa shape index (κ2) is 6.14. The van der Waals surface area contributed by atoms with Gasteiger partial charge in [0.25, 0.3) is 0 Å². The number of hydrogen-bond acceptors (Lipinski definition) is 4. The maximum atomic E-state index is 5.99. The third-order valence-electron chi connectivity index (χ3n) is 4.43. The Bertz CT molecular complexity index is 231. The molecule has 2 fully saturated rings. The molecule has 0 bridgehead atoms. The van der Waals surface area contributed by atoms with Crippen LogP contribution in [0, 0.1) is 5.92 Å². The SMILES string of the molecule is CC1OCCC1N(C)C(CN)C1CCOCC1. The van der Waals surface area contributed by atoms with E-state index >= 15 is 0 Å². The van der Waals surface area contributed by atoms with Crippen molar-refractivity contribution in [1.29, 1.82) is 0 Å². The first-order valence-corrected chi connectivity index (χ1v) is 6.85. The van der Waals surface area contributed by atoms with E-state index in [1.165, 1.54) is 0 Å². The summed E-state index contributed by atoms with van der Waals surface area (Å²) in [4.78, 5) is 2.47. The highest BCUT2D eigenvalue weighted by Crippen LogP contribution is 2.27. The van der Waals surface area contributed by atoms with Crippen molar-refractivity contribution < 1.29 is 9.47 Å². The smallest absolute Gasteiger partial charge is 0.0703 e. The van der Waals surface area contributed by atoms with Crippen LogP contribution >= 0.6 is 0 Å². The second-order valence-electron chi connectivity index (χ2n) is 5.35. The molecular formula is C13H26N2O2. The van der Waals surface area contributed by atoms with Crippen LogP contribution in [0.3, 0.4) is 0 Å². The summed E-state index contributed by atoms with van der Waals surface area (Å²) in [6.45, 7) is 5.59. The van der Waals surface area contributed by atoms with Crippen molar-refractivity contribution in [3.05, 3.63) is 0 Å². The molecule has 0 aromatic carbocycles. The lowest BCUT2D eigenvalue weighted by Crippen LogP contribution is -2.51. The molecule has 4 nitrogen and oxygen atoms in total. The normalized spacial score (nSPS) is 33.2. The molecule has 0 spiro atoms. The van der Waals surface area contributed by atoms with Gasteiger partial charge in [0, 0.05) is 38.4 Å². The van der Waals surface area contributed by atoms with Crippen LogP contribution in [0.2, 0.25) is 0 Å². The van der Waals surface area contributed by atoms with E-state index in [-0.39, 0.29) is 0 Å². The van der Waals surface area contributed by atoms with Gasteiger partial charge in [-0.3, -0.25) is 4.90 Å². The number of hydrogen-bond donors (Lipinski definition) is 1. The highest BCUT2D eigenvalue weighted by molar-refractivity contribution is 4.88. The largest absolute Gasteiger partial charge is 0.381 e. The molecule has 4 heteroatoms. The van der Waals surface area contributed by atoms with E-state index in [4.69, 9.17) is 15.2 Å². The summed E-state index contributed by atoms with van der Waals surface area (Å²) in [7, 11) is 2.21. The van der Waals surface area contributed by atoms with Crippen molar-refractivity contribution in [3.63, 3.8) is 0 Å². The van der Waals surface area contributed by atoms with Crippen LogP contribution in [0.1, 0.15) is 26.2 Å². The fourth-order valence-electron chi connectivity index (χ4n) is 3.29. The van der Waals surface area contributed by atoms with Gasteiger partial charge in [-0.25, -0.2) is 0 Å². The van der Waals surface area contributed by atoms with Gasteiger partial charge in [-0.2, -0.15) is 0 Å². The summed E-state index contributed by atoms with van der Waals surface area (Å²) in [5.41, 5.74) is 5.99. The molecule has 2 saturated heterocycles. The minimum Gasteiger partial charge on any atom is -0.381 e. The Balaban J connectivity index is 1.96. The molecule has 0 saturated carbocycles. The molecule has 0 aromatic heterocycles. The maximum Gasteiger partial charge on any atom is 0.0703 e. The van der Waals surface area contributed by atoms with E-state index in [0.717, 1.165) is 45.6 Å². The molecule has 2 rings (SSSR count). The van der Waals surface area contributed by atoms with Gasteiger partial charge in [0.1, 0.15) is 0 Å². The lowest BCUT2D eigenvalue weighted by Gasteiger charge is -2.39. The molecule has 0 aromatic rings. The summed E-state index contributed by atoms with van der Waals surface area (Å²) in [6.07, 6.45) is 3.77. The first-order valence-electron chi connectivity index (χ1n) is 6.85. The highest BCUT2D eigenvalue weighted by atomic mass is 16.5. The van der Waals surface area contributed by atoms with Gasteiger partial charge in [-0.1, -0.05) is 0 Å². The van der Waals surface area contributed by atoms with Crippen molar-refractivity contribution in [2.45, 2.75) is 44.4 Å². The first kappa shape index (κ1) is 13.3. The lowest BCUT2D eigenvalue weighted by molar-refractivity contribution is 0.0102. The van der Waals surface area contributed by atoms with E-state index < -0.39 is 0 Å². The number of likely N-dealkylation sites (N-methyl/N-ethyl adjacent to an activating group) is 1. The fourth-order valence-corrected chi connectivity index (χ4v) is 3.29. The van der Waals surface area contributed by atoms with Crippen molar-refractivity contribution >= 4 is 0 Å². The second-order valence-corrected chi connectivity index (χ2v) is 5.35. The maximum absolute atomic E-state index is 5.99. The molecule has 100 valence electrons. The highest BCUT2D eigenvalue weighted by Gasteiger charge is 2.34. The molecule has 2 aliphatic heterocycles. The molecule has 3 atom stereocenters. The average molecular weight is 242 g/mol. The molecule has 2 heterocycles. The molecular weight excluding hydrogens is 216 g/mol. The number of rotatable bonds is 4. The van der Waals surface area contributed by atoms with Gasteiger partial charge < -0.3 is 15.2 Å². The average Bonchev–Trinajstić information content (AvgIpc) is 2.77. The number of ether oxygens (including phenoxy) is 2. The third kappa shape index (κ3) is 2.99. The Kier molecular flexibility index (Phi) is 4.79. The molecule has 3 unspecified atom stereocenters.